The first-order valence-corrected chi connectivity index (χ1v) is 6.39. The van der Waals surface area contributed by atoms with E-state index >= 15 is 0 Å². The fourth-order valence-electron chi connectivity index (χ4n) is 2.26. The minimum absolute atomic E-state index is 0.0862. The normalized spacial score (nSPS) is 21.2. The zero-order valence-electron chi connectivity index (χ0n) is 10.6. The second kappa shape index (κ2) is 4.88. The third-order valence-electron chi connectivity index (χ3n) is 3.50. The minimum Gasteiger partial charge on any atom is -0.481 e. The number of amides is 1. The SMILES string of the molecule is O=C(NC1CC(C(=O)O)C1)c1cnc2ccccc2n1. The molecule has 1 aliphatic rings. The van der Waals surface area contributed by atoms with Crippen LogP contribution in [0.25, 0.3) is 11.0 Å². The summed E-state index contributed by atoms with van der Waals surface area (Å²) in [7, 11) is 0. The van der Waals surface area contributed by atoms with Crippen LogP contribution in [-0.4, -0.2) is 33.0 Å². The molecule has 1 aliphatic carbocycles. The zero-order chi connectivity index (χ0) is 14.1. The summed E-state index contributed by atoms with van der Waals surface area (Å²) in [6, 6.07) is 7.23. The van der Waals surface area contributed by atoms with Crippen LogP contribution in [0.5, 0.6) is 0 Å². The number of carbonyl (C=O) groups excluding carboxylic acids is 1. The summed E-state index contributed by atoms with van der Waals surface area (Å²) in [6.45, 7) is 0. The first-order chi connectivity index (χ1) is 9.63. The molecular weight excluding hydrogens is 258 g/mol. The number of carboxylic acids is 1. The minimum atomic E-state index is -0.805. The molecule has 0 unspecified atom stereocenters. The van der Waals surface area contributed by atoms with Crippen LogP contribution < -0.4 is 5.32 Å². The van der Waals surface area contributed by atoms with Gasteiger partial charge >= 0.3 is 5.97 Å². The molecule has 0 aliphatic heterocycles. The van der Waals surface area contributed by atoms with Crippen molar-refractivity contribution in [2.75, 3.05) is 0 Å². The average molecular weight is 271 g/mol. The van der Waals surface area contributed by atoms with Gasteiger partial charge in [-0.15, -0.1) is 0 Å². The summed E-state index contributed by atoms with van der Waals surface area (Å²) in [4.78, 5) is 31.1. The molecule has 102 valence electrons. The van der Waals surface area contributed by atoms with Crippen LogP contribution in [0.15, 0.2) is 30.5 Å². The maximum atomic E-state index is 12.0. The number of hydrogen-bond acceptors (Lipinski definition) is 4. The van der Waals surface area contributed by atoms with Gasteiger partial charge in [0.25, 0.3) is 5.91 Å². The van der Waals surface area contributed by atoms with Crippen LogP contribution in [0.1, 0.15) is 23.3 Å². The highest BCUT2D eigenvalue weighted by Crippen LogP contribution is 2.27. The number of nitrogens with one attached hydrogen (secondary N) is 1. The molecule has 20 heavy (non-hydrogen) atoms. The molecule has 3 rings (SSSR count). The number of rotatable bonds is 3. The number of carbonyl (C=O) groups is 2. The van der Waals surface area contributed by atoms with E-state index in [1.54, 1.807) is 6.07 Å². The molecule has 0 saturated heterocycles. The number of para-hydroxylation sites is 2. The van der Waals surface area contributed by atoms with Crippen molar-refractivity contribution in [2.45, 2.75) is 18.9 Å². The summed E-state index contributed by atoms with van der Waals surface area (Å²) >= 11 is 0. The van der Waals surface area contributed by atoms with Crippen LogP contribution in [0.2, 0.25) is 0 Å². The fourth-order valence-corrected chi connectivity index (χ4v) is 2.26. The maximum absolute atomic E-state index is 12.0. The number of benzene rings is 1. The summed E-state index contributed by atoms with van der Waals surface area (Å²) in [5, 5.41) is 11.6. The number of carboxylic acid groups (broad SMARTS) is 1. The van der Waals surface area contributed by atoms with Gasteiger partial charge in [0.15, 0.2) is 0 Å². The van der Waals surface area contributed by atoms with Crippen molar-refractivity contribution in [2.24, 2.45) is 5.92 Å². The zero-order valence-corrected chi connectivity index (χ0v) is 10.6. The number of fused-ring (bicyclic) bond motifs is 1. The van der Waals surface area contributed by atoms with Crippen molar-refractivity contribution in [1.29, 1.82) is 0 Å². The highest BCUT2D eigenvalue weighted by Gasteiger charge is 2.35. The molecule has 0 spiro atoms. The Morgan fingerprint density at radius 3 is 2.60 bits per heavy atom. The van der Waals surface area contributed by atoms with Crippen molar-refractivity contribution in [3.63, 3.8) is 0 Å². The van der Waals surface area contributed by atoms with Crippen LogP contribution in [-0.2, 0) is 4.79 Å². The molecule has 1 heterocycles. The van der Waals surface area contributed by atoms with Gasteiger partial charge < -0.3 is 10.4 Å². The van der Waals surface area contributed by atoms with Gasteiger partial charge in [-0.2, -0.15) is 0 Å². The lowest BCUT2D eigenvalue weighted by atomic mass is 9.80. The van der Waals surface area contributed by atoms with Gasteiger partial charge in [-0.1, -0.05) is 12.1 Å². The van der Waals surface area contributed by atoms with Crippen LogP contribution in [0.3, 0.4) is 0 Å². The first kappa shape index (κ1) is 12.5. The number of hydrogen-bond donors (Lipinski definition) is 2. The van der Waals surface area contributed by atoms with E-state index in [4.69, 9.17) is 5.11 Å². The van der Waals surface area contributed by atoms with Gasteiger partial charge in [0.1, 0.15) is 5.69 Å². The summed E-state index contributed by atoms with van der Waals surface area (Å²) < 4.78 is 0. The Morgan fingerprint density at radius 2 is 1.90 bits per heavy atom. The van der Waals surface area contributed by atoms with E-state index in [9.17, 15) is 9.59 Å². The highest BCUT2D eigenvalue weighted by molar-refractivity contribution is 5.94. The molecule has 0 radical (unpaired) electrons. The van der Waals surface area contributed by atoms with Gasteiger partial charge in [0.2, 0.25) is 0 Å². The average Bonchev–Trinajstić information content (AvgIpc) is 2.41. The maximum Gasteiger partial charge on any atom is 0.306 e. The standard InChI is InChI=1S/C14H13N3O3/c18-13(16-9-5-8(6-9)14(19)20)12-7-15-10-3-1-2-4-11(10)17-12/h1-4,7-9H,5-6H2,(H,16,18)(H,19,20). The predicted octanol–water partition coefficient (Wildman–Crippen LogP) is 1.22. The van der Waals surface area contributed by atoms with Crippen LogP contribution in [0, 0.1) is 5.92 Å². The quantitative estimate of drug-likeness (QED) is 0.875. The van der Waals surface area contributed by atoms with Crippen molar-refractivity contribution < 1.29 is 14.7 Å². The molecule has 6 nitrogen and oxygen atoms in total. The van der Waals surface area contributed by atoms with Gasteiger partial charge in [-0.3, -0.25) is 14.6 Å². The van der Waals surface area contributed by atoms with Gasteiger partial charge in [0.05, 0.1) is 23.1 Å². The Balaban J connectivity index is 1.69. The van der Waals surface area contributed by atoms with E-state index in [1.165, 1.54) is 6.20 Å². The molecule has 0 atom stereocenters. The number of aromatic nitrogens is 2. The smallest absolute Gasteiger partial charge is 0.306 e. The van der Waals surface area contributed by atoms with E-state index in [2.05, 4.69) is 15.3 Å². The number of nitrogens with zero attached hydrogens (tertiary/aromatic N) is 2. The molecule has 2 N–H and O–H groups in total. The molecule has 1 aromatic carbocycles. The van der Waals surface area contributed by atoms with E-state index < -0.39 is 5.97 Å². The van der Waals surface area contributed by atoms with Crippen molar-refractivity contribution in [3.05, 3.63) is 36.2 Å². The molecule has 1 amide bonds. The van der Waals surface area contributed by atoms with Gasteiger partial charge in [-0.25, -0.2) is 4.98 Å². The molecule has 2 aromatic rings. The summed E-state index contributed by atoms with van der Waals surface area (Å²) in [5.74, 6) is -1.46. The monoisotopic (exact) mass is 271 g/mol. The predicted molar refractivity (Wildman–Crippen MR) is 71.2 cm³/mol. The Bertz CT molecular complexity index is 680. The van der Waals surface area contributed by atoms with Crippen molar-refractivity contribution in [3.8, 4) is 0 Å². The van der Waals surface area contributed by atoms with E-state index in [1.807, 2.05) is 18.2 Å². The van der Waals surface area contributed by atoms with Crippen LogP contribution >= 0.6 is 0 Å². The summed E-state index contributed by atoms with van der Waals surface area (Å²) in [5.41, 5.74) is 1.65. The lowest BCUT2D eigenvalue weighted by molar-refractivity contribution is -0.145. The Morgan fingerprint density at radius 1 is 1.20 bits per heavy atom. The van der Waals surface area contributed by atoms with E-state index in [0.29, 0.717) is 18.4 Å². The Labute approximate surface area is 114 Å². The molecule has 1 aromatic heterocycles. The Kier molecular flexibility index (Phi) is 3.06. The van der Waals surface area contributed by atoms with E-state index in [0.717, 1.165) is 5.52 Å². The summed E-state index contributed by atoms with van der Waals surface area (Å²) in [6.07, 6.45) is 2.38. The molecule has 6 heteroatoms. The number of aliphatic carboxylic acids is 1. The van der Waals surface area contributed by atoms with Crippen molar-refractivity contribution >= 4 is 22.9 Å². The molecular formula is C14H13N3O3. The molecule has 0 bridgehead atoms. The van der Waals surface area contributed by atoms with Crippen molar-refractivity contribution in [1.82, 2.24) is 15.3 Å². The Hall–Kier alpha value is -2.50. The van der Waals surface area contributed by atoms with E-state index in [-0.39, 0.29) is 23.6 Å². The third-order valence-corrected chi connectivity index (χ3v) is 3.50. The second-order valence-electron chi connectivity index (χ2n) is 4.92. The molecule has 1 fully saturated rings. The second-order valence-corrected chi connectivity index (χ2v) is 4.92. The third kappa shape index (κ3) is 2.32. The first-order valence-electron chi connectivity index (χ1n) is 6.39. The molecule has 1 saturated carbocycles. The highest BCUT2D eigenvalue weighted by atomic mass is 16.4. The van der Waals surface area contributed by atoms with Crippen LogP contribution in [0.4, 0.5) is 0 Å². The fraction of sp³-hybridized carbons (Fsp3) is 0.286. The van der Waals surface area contributed by atoms with Gasteiger partial charge in [-0.05, 0) is 25.0 Å². The largest absolute Gasteiger partial charge is 0.481 e. The lowest BCUT2D eigenvalue weighted by Gasteiger charge is -2.32. The van der Waals surface area contributed by atoms with Gasteiger partial charge in [0, 0.05) is 6.04 Å². The lowest BCUT2D eigenvalue weighted by Crippen LogP contribution is -2.46. The topological polar surface area (TPSA) is 92.2 Å².